The van der Waals surface area contributed by atoms with Crippen LogP contribution in [0.2, 0.25) is 0 Å². The Morgan fingerprint density at radius 3 is 2.68 bits per heavy atom. The van der Waals surface area contributed by atoms with Crippen molar-refractivity contribution in [3.05, 3.63) is 24.8 Å². The van der Waals surface area contributed by atoms with Gasteiger partial charge < -0.3 is 0 Å². The molecule has 1 atom stereocenters. The normalized spacial score (nSPS) is 12.9. The van der Waals surface area contributed by atoms with Gasteiger partial charge in [-0.2, -0.15) is 27.9 Å². The van der Waals surface area contributed by atoms with Crippen molar-refractivity contribution in [2.45, 2.75) is 12.4 Å². The summed E-state index contributed by atoms with van der Waals surface area (Å²) in [6.07, 6.45) is 4.15. The van der Waals surface area contributed by atoms with Crippen LogP contribution >= 0.6 is 11.8 Å². The number of carbonyl (C=O) groups excluding carboxylic acids is 1. The van der Waals surface area contributed by atoms with Crippen LogP contribution in [0.3, 0.4) is 0 Å². The van der Waals surface area contributed by atoms with Crippen molar-refractivity contribution in [2.24, 2.45) is 5.92 Å². The monoisotopic (exact) mass is 332 g/mol. The average Bonchev–Trinajstić information content (AvgIpc) is 2.93. The molecule has 22 heavy (non-hydrogen) atoms. The summed E-state index contributed by atoms with van der Waals surface area (Å²) in [5.41, 5.74) is -4.37. The second kappa shape index (κ2) is 6.73. The molecule has 0 fully saturated rings. The number of thioether (sulfide) groups is 1. The molecule has 0 spiro atoms. The summed E-state index contributed by atoms with van der Waals surface area (Å²) in [6.45, 7) is 1.40. The van der Waals surface area contributed by atoms with Gasteiger partial charge in [-0.15, -0.1) is 0 Å². The number of rotatable bonds is 5. The molecular weight excluding hydrogens is 321 g/mol. The highest BCUT2D eigenvalue weighted by atomic mass is 32.2. The maximum atomic E-state index is 12.1. The van der Waals surface area contributed by atoms with Crippen LogP contribution in [0.5, 0.6) is 0 Å². The first kappa shape index (κ1) is 16.2. The van der Waals surface area contributed by atoms with E-state index >= 15 is 0 Å². The molecule has 0 aliphatic carbocycles. The third-order valence-corrected chi connectivity index (χ3v) is 3.46. The molecule has 2 rings (SSSR count). The SMILES string of the molecule is CC(CSC(F)(F)F)C(=O)Nc1ncnn1-c1ncccn1. The summed E-state index contributed by atoms with van der Waals surface area (Å²) >= 11 is -0.245. The Kier molecular flexibility index (Phi) is 4.96. The third-order valence-electron chi connectivity index (χ3n) is 2.47. The largest absolute Gasteiger partial charge is 0.441 e. The van der Waals surface area contributed by atoms with Gasteiger partial charge in [0.05, 0.1) is 0 Å². The second-order valence-electron chi connectivity index (χ2n) is 4.19. The van der Waals surface area contributed by atoms with E-state index in [4.69, 9.17) is 0 Å². The average molecular weight is 332 g/mol. The lowest BCUT2D eigenvalue weighted by Gasteiger charge is -2.12. The predicted molar refractivity (Wildman–Crippen MR) is 73.3 cm³/mol. The van der Waals surface area contributed by atoms with Gasteiger partial charge in [-0.25, -0.2) is 9.97 Å². The van der Waals surface area contributed by atoms with Gasteiger partial charge in [-0.05, 0) is 6.07 Å². The number of hydrogen-bond acceptors (Lipinski definition) is 6. The summed E-state index contributed by atoms with van der Waals surface area (Å²) in [5.74, 6) is -1.60. The Bertz CT molecular complexity index is 632. The Morgan fingerprint density at radius 1 is 1.36 bits per heavy atom. The quantitative estimate of drug-likeness (QED) is 0.900. The smallest absolute Gasteiger partial charge is 0.294 e. The topological polar surface area (TPSA) is 85.6 Å². The first-order valence-electron chi connectivity index (χ1n) is 6.06. The highest BCUT2D eigenvalue weighted by Crippen LogP contribution is 2.31. The first-order valence-corrected chi connectivity index (χ1v) is 7.04. The number of anilines is 1. The molecule has 0 aliphatic rings. The van der Waals surface area contributed by atoms with Crippen LogP contribution in [0.25, 0.3) is 5.95 Å². The van der Waals surface area contributed by atoms with Crippen molar-refractivity contribution < 1.29 is 18.0 Å². The molecule has 2 heterocycles. The van der Waals surface area contributed by atoms with Crippen molar-refractivity contribution in [3.63, 3.8) is 0 Å². The van der Waals surface area contributed by atoms with Crippen LogP contribution in [0.4, 0.5) is 19.1 Å². The Morgan fingerprint density at radius 2 is 2.05 bits per heavy atom. The lowest BCUT2D eigenvalue weighted by molar-refractivity contribution is -0.118. The molecule has 0 saturated heterocycles. The fraction of sp³-hybridized carbons (Fsp3) is 0.364. The van der Waals surface area contributed by atoms with Gasteiger partial charge in [0.1, 0.15) is 6.33 Å². The molecule has 0 saturated carbocycles. The van der Waals surface area contributed by atoms with Crippen LogP contribution in [0.15, 0.2) is 24.8 Å². The highest BCUT2D eigenvalue weighted by molar-refractivity contribution is 8.00. The van der Waals surface area contributed by atoms with Gasteiger partial charge in [-0.1, -0.05) is 18.7 Å². The Labute approximate surface area is 127 Å². The molecule has 0 radical (unpaired) electrons. The molecule has 118 valence electrons. The zero-order valence-electron chi connectivity index (χ0n) is 11.3. The van der Waals surface area contributed by atoms with E-state index in [-0.39, 0.29) is 29.4 Å². The van der Waals surface area contributed by atoms with Gasteiger partial charge in [0.2, 0.25) is 11.9 Å². The van der Waals surface area contributed by atoms with Crippen molar-refractivity contribution in [1.82, 2.24) is 24.7 Å². The molecule has 0 aromatic carbocycles. The number of aromatic nitrogens is 5. The zero-order valence-corrected chi connectivity index (χ0v) is 12.1. The molecule has 1 amide bonds. The summed E-state index contributed by atoms with van der Waals surface area (Å²) in [4.78, 5) is 23.6. The van der Waals surface area contributed by atoms with E-state index in [0.29, 0.717) is 0 Å². The number of hydrogen-bond donors (Lipinski definition) is 1. The standard InChI is InChI=1S/C11H11F3N6OS/c1-7(5-22-11(12,13)14)8(21)19-10-17-6-18-20(10)9-15-3-2-4-16-9/h2-4,6-7H,5H2,1H3,(H,17,18,19,21). The van der Waals surface area contributed by atoms with E-state index in [1.54, 1.807) is 6.07 Å². The maximum Gasteiger partial charge on any atom is 0.441 e. The fourth-order valence-electron chi connectivity index (χ4n) is 1.40. The molecule has 0 bridgehead atoms. The van der Waals surface area contributed by atoms with Gasteiger partial charge in [0.15, 0.2) is 0 Å². The van der Waals surface area contributed by atoms with Gasteiger partial charge >= 0.3 is 5.51 Å². The van der Waals surface area contributed by atoms with Crippen LogP contribution in [0.1, 0.15) is 6.92 Å². The van der Waals surface area contributed by atoms with Crippen LogP contribution in [0, 0.1) is 5.92 Å². The number of halogens is 3. The number of carbonyl (C=O) groups is 1. The minimum Gasteiger partial charge on any atom is -0.294 e. The van der Waals surface area contributed by atoms with E-state index in [2.05, 4.69) is 25.4 Å². The molecule has 1 N–H and O–H groups in total. The van der Waals surface area contributed by atoms with E-state index in [0.717, 1.165) is 0 Å². The van der Waals surface area contributed by atoms with Crippen molar-refractivity contribution in [1.29, 1.82) is 0 Å². The van der Waals surface area contributed by atoms with Gasteiger partial charge in [-0.3, -0.25) is 10.1 Å². The highest BCUT2D eigenvalue weighted by Gasteiger charge is 2.30. The Balaban J connectivity index is 2.02. The van der Waals surface area contributed by atoms with E-state index < -0.39 is 17.3 Å². The lowest BCUT2D eigenvalue weighted by Crippen LogP contribution is -2.25. The number of nitrogens with one attached hydrogen (secondary N) is 1. The molecule has 2 aromatic heterocycles. The molecular formula is C11H11F3N6OS. The summed E-state index contributed by atoms with van der Waals surface area (Å²) in [6, 6.07) is 1.61. The van der Waals surface area contributed by atoms with Gasteiger partial charge in [0.25, 0.3) is 5.95 Å². The number of alkyl halides is 3. The zero-order chi connectivity index (χ0) is 16.2. The fourth-order valence-corrected chi connectivity index (χ4v) is 1.99. The minimum atomic E-state index is -4.37. The first-order chi connectivity index (χ1) is 10.4. The molecule has 11 heteroatoms. The summed E-state index contributed by atoms with van der Waals surface area (Å²) in [7, 11) is 0. The molecule has 2 aromatic rings. The third kappa shape index (κ3) is 4.41. The van der Waals surface area contributed by atoms with Crippen molar-refractivity contribution in [2.75, 3.05) is 11.1 Å². The lowest BCUT2D eigenvalue weighted by atomic mass is 10.2. The Hall–Kier alpha value is -2.17. The van der Waals surface area contributed by atoms with Crippen molar-refractivity contribution >= 4 is 23.6 Å². The van der Waals surface area contributed by atoms with Crippen LogP contribution in [-0.4, -0.2) is 41.9 Å². The second-order valence-corrected chi connectivity index (χ2v) is 5.28. The number of amides is 1. The minimum absolute atomic E-state index is 0.0417. The van der Waals surface area contributed by atoms with Crippen molar-refractivity contribution in [3.8, 4) is 5.95 Å². The maximum absolute atomic E-state index is 12.1. The van der Waals surface area contributed by atoms with Crippen LogP contribution in [-0.2, 0) is 4.79 Å². The predicted octanol–water partition coefficient (Wildman–Crippen LogP) is 1.88. The number of nitrogens with zero attached hydrogens (tertiary/aromatic N) is 5. The van der Waals surface area contributed by atoms with E-state index in [1.807, 2.05) is 0 Å². The molecule has 0 aliphatic heterocycles. The van der Waals surface area contributed by atoms with E-state index in [9.17, 15) is 18.0 Å². The molecule has 1 unspecified atom stereocenters. The summed E-state index contributed by atoms with van der Waals surface area (Å²) in [5, 5.41) is 6.28. The van der Waals surface area contributed by atoms with E-state index in [1.165, 1.54) is 30.3 Å². The van der Waals surface area contributed by atoms with Crippen LogP contribution < -0.4 is 5.32 Å². The molecule has 7 nitrogen and oxygen atoms in total. The summed E-state index contributed by atoms with van der Waals surface area (Å²) < 4.78 is 37.6. The van der Waals surface area contributed by atoms with Gasteiger partial charge in [0, 0.05) is 24.1 Å².